The summed E-state index contributed by atoms with van der Waals surface area (Å²) in [5.74, 6) is -1.19. The van der Waals surface area contributed by atoms with Crippen LogP contribution in [0.15, 0.2) is 16.6 Å². The number of carbonyl (C=O) groups excluding carboxylic acids is 1. The third-order valence-electron chi connectivity index (χ3n) is 1.83. The average Bonchev–Trinajstić information content (AvgIpc) is 2.07. The molecule has 1 aromatic carbocycles. The van der Waals surface area contributed by atoms with Gasteiger partial charge in [0.1, 0.15) is 0 Å². The molecule has 74 valence electrons. The van der Waals surface area contributed by atoms with Gasteiger partial charge in [0.05, 0.1) is 5.56 Å². The third-order valence-corrected chi connectivity index (χ3v) is 2.68. The molecule has 0 fully saturated rings. The van der Waals surface area contributed by atoms with Crippen molar-refractivity contribution in [2.24, 2.45) is 0 Å². The van der Waals surface area contributed by atoms with Crippen LogP contribution in [0, 0.1) is 6.92 Å². The maximum absolute atomic E-state index is 11.2. The van der Waals surface area contributed by atoms with E-state index in [0.29, 0.717) is 10.0 Å². The second-order valence-electron chi connectivity index (χ2n) is 3.04. The summed E-state index contributed by atoms with van der Waals surface area (Å²) in [5.41, 5.74) is 1.29. The van der Waals surface area contributed by atoms with Crippen LogP contribution in [-0.2, 0) is 0 Å². The molecular formula is C10H9BrO3. The van der Waals surface area contributed by atoms with Crippen molar-refractivity contribution >= 4 is 27.7 Å². The first-order valence-corrected chi connectivity index (χ1v) is 4.77. The Morgan fingerprint density at radius 2 is 1.79 bits per heavy atom. The summed E-state index contributed by atoms with van der Waals surface area (Å²) in [7, 11) is 0. The molecule has 1 rings (SSSR count). The van der Waals surface area contributed by atoms with Crippen LogP contribution in [-0.4, -0.2) is 16.9 Å². The molecule has 3 nitrogen and oxygen atoms in total. The second-order valence-corrected chi connectivity index (χ2v) is 3.83. The van der Waals surface area contributed by atoms with Gasteiger partial charge in [0, 0.05) is 10.0 Å². The number of aryl methyl sites for hydroxylation is 1. The zero-order chi connectivity index (χ0) is 10.9. The Bertz CT molecular complexity index is 375. The molecule has 0 saturated carbocycles. The predicted molar refractivity (Wildman–Crippen MR) is 55.8 cm³/mol. The van der Waals surface area contributed by atoms with Gasteiger partial charge in [-0.05, 0) is 47.5 Å². The topological polar surface area (TPSA) is 54.4 Å². The van der Waals surface area contributed by atoms with Crippen LogP contribution < -0.4 is 0 Å². The summed E-state index contributed by atoms with van der Waals surface area (Å²) < 4.78 is 0.350. The van der Waals surface area contributed by atoms with Crippen LogP contribution in [0.5, 0.6) is 0 Å². The summed E-state index contributed by atoms with van der Waals surface area (Å²) in [5, 5.41) is 8.86. The zero-order valence-corrected chi connectivity index (χ0v) is 9.38. The van der Waals surface area contributed by atoms with Gasteiger partial charge in [-0.1, -0.05) is 0 Å². The molecule has 0 amide bonds. The molecule has 0 aliphatic rings. The Kier molecular flexibility index (Phi) is 3.06. The number of benzene rings is 1. The van der Waals surface area contributed by atoms with E-state index in [9.17, 15) is 9.59 Å². The van der Waals surface area contributed by atoms with Gasteiger partial charge >= 0.3 is 5.97 Å². The van der Waals surface area contributed by atoms with Gasteiger partial charge in [-0.3, -0.25) is 4.79 Å². The fraction of sp³-hybridized carbons (Fsp3) is 0.200. The Morgan fingerprint density at radius 3 is 2.21 bits per heavy atom. The van der Waals surface area contributed by atoms with Gasteiger partial charge in [0.25, 0.3) is 0 Å². The first-order valence-electron chi connectivity index (χ1n) is 3.98. The summed E-state index contributed by atoms with van der Waals surface area (Å²) in [6.07, 6.45) is 0. The third kappa shape index (κ3) is 2.01. The number of aromatic carboxylic acids is 1. The minimum absolute atomic E-state index is 0.121. The van der Waals surface area contributed by atoms with E-state index < -0.39 is 5.97 Å². The van der Waals surface area contributed by atoms with E-state index in [1.54, 1.807) is 13.0 Å². The van der Waals surface area contributed by atoms with Crippen molar-refractivity contribution in [2.45, 2.75) is 13.8 Å². The molecule has 0 atom stereocenters. The van der Waals surface area contributed by atoms with Crippen molar-refractivity contribution in [2.75, 3.05) is 0 Å². The van der Waals surface area contributed by atoms with Crippen LogP contribution in [0.1, 0.15) is 33.2 Å². The first kappa shape index (κ1) is 10.9. The maximum atomic E-state index is 11.2. The molecule has 0 unspecified atom stereocenters. The normalized spacial score (nSPS) is 9.93. The highest BCUT2D eigenvalue weighted by Crippen LogP contribution is 2.24. The van der Waals surface area contributed by atoms with Crippen molar-refractivity contribution in [3.05, 3.63) is 33.3 Å². The number of hydrogen-bond donors (Lipinski definition) is 1. The minimum Gasteiger partial charge on any atom is -0.478 e. The fourth-order valence-electron chi connectivity index (χ4n) is 1.18. The summed E-state index contributed by atoms with van der Waals surface area (Å²) in [6.45, 7) is 3.16. The number of carbonyl (C=O) groups is 2. The molecule has 0 aromatic heterocycles. The molecule has 14 heavy (non-hydrogen) atoms. The lowest BCUT2D eigenvalue weighted by atomic mass is 10.0. The number of hydrogen-bond acceptors (Lipinski definition) is 2. The van der Waals surface area contributed by atoms with Crippen LogP contribution in [0.2, 0.25) is 0 Å². The maximum Gasteiger partial charge on any atom is 0.336 e. The van der Waals surface area contributed by atoms with Crippen LogP contribution >= 0.6 is 15.9 Å². The largest absolute Gasteiger partial charge is 0.478 e. The molecule has 0 heterocycles. The lowest BCUT2D eigenvalue weighted by Crippen LogP contribution is -2.04. The number of halogens is 1. The molecule has 0 aliphatic carbocycles. The van der Waals surface area contributed by atoms with Gasteiger partial charge in [0.2, 0.25) is 0 Å². The van der Waals surface area contributed by atoms with E-state index in [-0.39, 0.29) is 11.3 Å². The van der Waals surface area contributed by atoms with Crippen LogP contribution in [0.3, 0.4) is 0 Å². The van der Waals surface area contributed by atoms with Gasteiger partial charge in [0.15, 0.2) is 5.78 Å². The monoisotopic (exact) mass is 256 g/mol. The predicted octanol–water partition coefficient (Wildman–Crippen LogP) is 2.66. The van der Waals surface area contributed by atoms with E-state index in [4.69, 9.17) is 5.11 Å². The molecule has 0 bridgehead atoms. The van der Waals surface area contributed by atoms with E-state index >= 15 is 0 Å². The van der Waals surface area contributed by atoms with Gasteiger partial charge in [-0.25, -0.2) is 4.79 Å². The van der Waals surface area contributed by atoms with Crippen molar-refractivity contribution < 1.29 is 14.7 Å². The molecule has 0 spiro atoms. The van der Waals surface area contributed by atoms with Gasteiger partial charge in [-0.2, -0.15) is 0 Å². The quantitative estimate of drug-likeness (QED) is 0.828. The SMILES string of the molecule is CC(=O)c1cc(C)cc(C(=O)O)c1Br. The number of ketones is 1. The number of carboxylic acids is 1. The van der Waals surface area contributed by atoms with Gasteiger partial charge in [-0.15, -0.1) is 0 Å². The lowest BCUT2D eigenvalue weighted by Gasteiger charge is -2.05. The minimum atomic E-state index is -1.04. The van der Waals surface area contributed by atoms with Crippen LogP contribution in [0.25, 0.3) is 0 Å². The fourth-order valence-corrected chi connectivity index (χ4v) is 1.86. The van der Waals surface area contributed by atoms with E-state index in [1.807, 2.05) is 0 Å². The number of rotatable bonds is 2. The summed E-state index contributed by atoms with van der Waals surface area (Å²) in [4.78, 5) is 22.0. The van der Waals surface area contributed by atoms with Crippen LogP contribution in [0.4, 0.5) is 0 Å². The summed E-state index contributed by atoms with van der Waals surface area (Å²) >= 11 is 3.11. The number of carboxylic acid groups (broad SMARTS) is 1. The smallest absolute Gasteiger partial charge is 0.336 e. The van der Waals surface area contributed by atoms with E-state index in [1.165, 1.54) is 13.0 Å². The molecule has 0 radical (unpaired) electrons. The molecule has 1 N–H and O–H groups in total. The van der Waals surface area contributed by atoms with Crippen molar-refractivity contribution in [3.8, 4) is 0 Å². The molecule has 0 saturated heterocycles. The molecular weight excluding hydrogens is 248 g/mol. The first-order chi connectivity index (χ1) is 6.43. The Morgan fingerprint density at radius 1 is 1.29 bits per heavy atom. The highest BCUT2D eigenvalue weighted by Gasteiger charge is 2.15. The number of Topliss-reactive ketones (excluding diaryl/α,β-unsaturated/α-hetero) is 1. The lowest BCUT2D eigenvalue weighted by molar-refractivity contribution is 0.0696. The Hall–Kier alpha value is -1.16. The van der Waals surface area contributed by atoms with E-state index in [2.05, 4.69) is 15.9 Å². The molecule has 0 aliphatic heterocycles. The average molecular weight is 257 g/mol. The molecule has 4 heteroatoms. The Labute approximate surface area is 89.9 Å². The highest BCUT2D eigenvalue weighted by atomic mass is 79.9. The zero-order valence-electron chi connectivity index (χ0n) is 7.80. The standard InChI is InChI=1S/C10H9BrO3/c1-5-3-7(6(2)12)9(11)8(4-5)10(13)14/h3-4H,1-2H3,(H,13,14). The van der Waals surface area contributed by atoms with Crippen molar-refractivity contribution in [1.82, 2.24) is 0 Å². The highest BCUT2D eigenvalue weighted by molar-refractivity contribution is 9.10. The summed E-state index contributed by atoms with van der Waals surface area (Å²) in [6, 6.07) is 3.19. The second kappa shape index (κ2) is 3.92. The van der Waals surface area contributed by atoms with Gasteiger partial charge < -0.3 is 5.11 Å². The van der Waals surface area contributed by atoms with Crippen molar-refractivity contribution in [3.63, 3.8) is 0 Å². The van der Waals surface area contributed by atoms with Crippen molar-refractivity contribution in [1.29, 1.82) is 0 Å². The Balaban J connectivity index is 3.47. The van der Waals surface area contributed by atoms with E-state index in [0.717, 1.165) is 5.56 Å². The molecule has 1 aromatic rings.